The highest BCUT2D eigenvalue weighted by atomic mass is 35.5. The molecule has 3 heterocycles. The van der Waals surface area contributed by atoms with Crippen LogP contribution in [0.1, 0.15) is 43.7 Å². The second kappa shape index (κ2) is 8.93. The summed E-state index contributed by atoms with van der Waals surface area (Å²) >= 11 is 6.30. The molecule has 1 amide bonds. The standard InChI is InChI=1S/C24H26ClN5O4/c1-14-21(29-20-4-3-15(10-26)7-19(20)25)27-13-28-22(14)33-18-8-16-11-32-12-17(9-18)30(16)23(31)34-24(2)5-6-24/h3-4,7,13,16-18H,5-6,8-9,11-12H2,1-2H3,(H,27,28,29). The Hall–Kier alpha value is -3.09. The smallest absolute Gasteiger partial charge is 0.410 e. The van der Waals surface area contributed by atoms with Crippen LogP contribution in [0.2, 0.25) is 5.02 Å². The molecule has 9 nitrogen and oxygen atoms in total. The van der Waals surface area contributed by atoms with Gasteiger partial charge >= 0.3 is 6.09 Å². The molecule has 3 aliphatic rings. The van der Waals surface area contributed by atoms with Gasteiger partial charge in [0.05, 0.1) is 53.2 Å². The molecule has 3 fully saturated rings. The van der Waals surface area contributed by atoms with Crippen LogP contribution in [0.3, 0.4) is 0 Å². The van der Waals surface area contributed by atoms with E-state index in [2.05, 4.69) is 21.4 Å². The summed E-state index contributed by atoms with van der Waals surface area (Å²) in [5.41, 5.74) is 1.55. The van der Waals surface area contributed by atoms with Gasteiger partial charge in [-0.05, 0) is 44.9 Å². The van der Waals surface area contributed by atoms with Gasteiger partial charge in [0.1, 0.15) is 23.9 Å². The number of halogens is 1. The van der Waals surface area contributed by atoms with Crippen molar-refractivity contribution in [2.24, 2.45) is 0 Å². The monoisotopic (exact) mass is 483 g/mol. The number of nitrogens with zero attached hydrogens (tertiary/aromatic N) is 4. The van der Waals surface area contributed by atoms with Crippen molar-refractivity contribution in [3.8, 4) is 11.9 Å². The number of piperidine rings is 1. The first kappa shape index (κ1) is 22.7. The molecular formula is C24H26ClN5O4. The van der Waals surface area contributed by atoms with Gasteiger partial charge in [0.15, 0.2) is 0 Å². The molecule has 1 N–H and O–H groups in total. The van der Waals surface area contributed by atoms with Gasteiger partial charge in [-0.15, -0.1) is 0 Å². The Labute approximate surface area is 203 Å². The minimum atomic E-state index is -0.307. The van der Waals surface area contributed by atoms with Crippen LogP contribution in [-0.2, 0) is 9.47 Å². The third kappa shape index (κ3) is 4.61. The highest BCUT2D eigenvalue weighted by Gasteiger charge is 2.48. The Kier molecular flexibility index (Phi) is 5.96. The van der Waals surface area contributed by atoms with Crippen LogP contribution in [0.15, 0.2) is 24.5 Å². The fourth-order valence-corrected chi connectivity index (χ4v) is 4.68. The van der Waals surface area contributed by atoms with E-state index in [1.54, 1.807) is 18.2 Å². The van der Waals surface area contributed by atoms with E-state index < -0.39 is 0 Å². The van der Waals surface area contributed by atoms with Crippen LogP contribution < -0.4 is 10.1 Å². The van der Waals surface area contributed by atoms with Crippen molar-refractivity contribution in [3.05, 3.63) is 40.7 Å². The molecule has 2 bridgehead atoms. The van der Waals surface area contributed by atoms with Crippen molar-refractivity contribution in [1.29, 1.82) is 5.26 Å². The van der Waals surface area contributed by atoms with Crippen LogP contribution in [-0.4, -0.2) is 58.0 Å². The number of morpholine rings is 1. The molecule has 1 aromatic heterocycles. The zero-order chi connectivity index (χ0) is 23.9. The minimum absolute atomic E-state index is 0.0930. The van der Waals surface area contributed by atoms with E-state index >= 15 is 0 Å². The summed E-state index contributed by atoms with van der Waals surface area (Å²) < 4.78 is 17.8. The molecular weight excluding hydrogens is 458 g/mol. The molecule has 10 heteroatoms. The lowest BCUT2D eigenvalue weighted by Crippen LogP contribution is -2.61. The highest BCUT2D eigenvalue weighted by Crippen LogP contribution is 2.41. The lowest BCUT2D eigenvalue weighted by molar-refractivity contribution is -0.0956. The quantitative estimate of drug-likeness (QED) is 0.668. The van der Waals surface area contributed by atoms with Crippen molar-refractivity contribution >= 4 is 29.2 Å². The zero-order valence-electron chi connectivity index (χ0n) is 19.1. The number of nitrogens with one attached hydrogen (secondary N) is 1. The molecule has 1 saturated carbocycles. The number of hydrogen-bond acceptors (Lipinski definition) is 8. The van der Waals surface area contributed by atoms with Gasteiger partial charge in [-0.1, -0.05) is 11.6 Å². The van der Waals surface area contributed by atoms with Crippen molar-refractivity contribution in [2.45, 2.75) is 63.3 Å². The third-order valence-corrected chi connectivity index (χ3v) is 6.96. The number of aromatic nitrogens is 2. The molecule has 178 valence electrons. The summed E-state index contributed by atoms with van der Waals surface area (Å²) in [6.07, 6.45) is 4.18. The zero-order valence-corrected chi connectivity index (χ0v) is 19.8. The Bertz CT molecular complexity index is 1130. The van der Waals surface area contributed by atoms with Gasteiger partial charge in [-0.2, -0.15) is 5.26 Å². The molecule has 2 unspecified atom stereocenters. The summed E-state index contributed by atoms with van der Waals surface area (Å²) in [5, 5.41) is 12.7. The van der Waals surface area contributed by atoms with E-state index in [0.29, 0.717) is 54.0 Å². The predicted molar refractivity (Wildman–Crippen MR) is 124 cm³/mol. The second-order valence-electron chi connectivity index (χ2n) is 9.37. The van der Waals surface area contributed by atoms with E-state index in [-0.39, 0.29) is 29.9 Å². The molecule has 2 saturated heterocycles. The lowest BCUT2D eigenvalue weighted by Gasteiger charge is -2.47. The van der Waals surface area contributed by atoms with E-state index in [1.165, 1.54) is 6.33 Å². The second-order valence-corrected chi connectivity index (χ2v) is 9.77. The number of ether oxygens (including phenoxy) is 3. The fourth-order valence-electron chi connectivity index (χ4n) is 4.45. The van der Waals surface area contributed by atoms with Crippen molar-refractivity contribution in [2.75, 3.05) is 18.5 Å². The topological polar surface area (TPSA) is 110 Å². The summed E-state index contributed by atoms with van der Waals surface area (Å²) in [6.45, 7) is 4.79. The normalized spacial score (nSPS) is 24.6. The maximum Gasteiger partial charge on any atom is 0.410 e. The van der Waals surface area contributed by atoms with Crippen molar-refractivity contribution < 1.29 is 19.0 Å². The largest absolute Gasteiger partial charge is 0.474 e. The van der Waals surface area contributed by atoms with Crippen LogP contribution >= 0.6 is 11.6 Å². The number of benzene rings is 1. The molecule has 5 rings (SSSR count). The van der Waals surface area contributed by atoms with Gasteiger partial charge in [0.2, 0.25) is 5.88 Å². The van der Waals surface area contributed by atoms with E-state index in [1.807, 2.05) is 18.7 Å². The number of fused-ring (bicyclic) bond motifs is 2. The van der Waals surface area contributed by atoms with Gasteiger partial charge < -0.3 is 19.5 Å². The SMILES string of the molecule is Cc1c(Nc2ccc(C#N)cc2Cl)ncnc1OC1CC2COCC(C1)N2C(=O)OC1(C)CC1. The number of anilines is 2. The minimum Gasteiger partial charge on any atom is -0.474 e. The maximum absolute atomic E-state index is 12.8. The molecule has 1 aliphatic carbocycles. The molecule has 34 heavy (non-hydrogen) atoms. The number of amides is 1. The van der Waals surface area contributed by atoms with Crippen molar-refractivity contribution in [3.63, 3.8) is 0 Å². The third-order valence-electron chi connectivity index (χ3n) is 6.64. The lowest BCUT2D eigenvalue weighted by atomic mass is 9.92. The summed E-state index contributed by atoms with van der Waals surface area (Å²) in [4.78, 5) is 23.3. The number of carbonyl (C=O) groups is 1. The number of nitriles is 1. The van der Waals surface area contributed by atoms with Gasteiger partial charge in [0, 0.05) is 12.8 Å². The molecule has 2 atom stereocenters. The maximum atomic E-state index is 12.8. The van der Waals surface area contributed by atoms with Gasteiger partial charge in [0.25, 0.3) is 0 Å². The first-order valence-electron chi connectivity index (χ1n) is 11.4. The molecule has 1 aromatic carbocycles. The highest BCUT2D eigenvalue weighted by molar-refractivity contribution is 6.33. The summed E-state index contributed by atoms with van der Waals surface area (Å²) in [5.74, 6) is 1.05. The van der Waals surface area contributed by atoms with Crippen LogP contribution in [0.5, 0.6) is 5.88 Å². The molecule has 2 aromatic rings. The van der Waals surface area contributed by atoms with Gasteiger partial charge in [-0.3, -0.25) is 4.90 Å². The summed E-state index contributed by atoms with van der Waals surface area (Å²) in [6, 6.07) is 6.90. The Morgan fingerprint density at radius 2 is 2.03 bits per heavy atom. The molecule has 0 spiro atoms. The Balaban J connectivity index is 1.28. The first-order valence-corrected chi connectivity index (χ1v) is 11.8. The van der Waals surface area contributed by atoms with Crippen LogP contribution in [0.25, 0.3) is 0 Å². The Morgan fingerprint density at radius 3 is 2.68 bits per heavy atom. The van der Waals surface area contributed by atoms with E-state index in [9.17, 15) is 4.79 Å². The predicted octanol–water partition coefficient (Wildman–Crippen LogP) is 4.35. The van der Waals surface area contributed by atoms with Crippen LogP contribution in [0, 0.1) is 18.3 Å². The fraction of sp³-hybridized carbons (Fsp3) is 0.500. The van der Waals surface area contributed by atoms with Crippen LogP contribution in [0.4, 0.5) is 16.3 Å². The first-order chi connectivity index (χ1) is 16.3. The Morgan fingerprint density at radius 1 is 1.29 bits per heavy atom. The molecule has 2 aliphatic heterocycles. The van der Waals surface area contributed by atoms with E-state index in [4.69, 9.17) is 31.1 Å². The number of hydrogen-bond donors (Lipinski definition) is 1. The average molecular weight is 484 g/mol. The average Bonchev–Trinajstić information content (AvgIpc) is 3.53. The number of carbonyl (C=O) groups excluding carboxylic acids is 1. The molecule has 0 radical (unpaired) electrons. The van der Waals surface area contributed by atoms with E-state index in [0.717, 1.165) is 18.4 Å². The van der Waals surface area contributed by atoms with Crippen molar-refractivity contribution in [1.82, 2.24) is 14.9 Å². The summed E-state index contributed by atoms with van der Waals surface area (Å²) in [7, 11) is 0. The van der Waals surface area contributed by atoms with Gasteiger partial charge in [-0.25, -0.2) is 14.8 Å². The number of rotatable bonds is 5.